The first-order valence-corrected chi connectivity index (χ1v) is 23.1. The third-order valence-electron chi connectivity index (χ3n) is 12.6. The molecule has 0 amide bonds. The zero-order valence-corrected chi connectivity index (χ0v) is 40.4. The van der Waals surface area contributed by atoms with Crippen LogP contribution in [-0.2, 0) is 66.7 Å². The molecule has 0 saturated carbocycles. The van der Waals surface area contributed by atoms with E-state index in [1.54, 1.807) is 0 Å². The molecule has 6 aliphatic rings. The number of rotatable bonds is 18. The van der Waals surface area contributed by atoms with E-state index < -0.39 is 234 Å². The quantitative estimate of drug-likeness (QED) is 0.0344. The van der Waals surface area contributed by atoms with Gasteiger partial charge in [0.25, 0.3) is 0 Å². The van der Waals surface area contributed by atoms with Crippen molar-refractivity contribution in [2.24, 2.45) is 0 Å². The normalized spacial score (nSPS) is 50.6. The van der Waals surface area contributed by atoms with E-state index in [1.807, 2.05) is 0 Å². The molecule has 6 aliphatic heterocycles. The van der Waals surface area contributed by atoms with Crippen LogP contribution >= 0.6 is 0 Å². The first kappa shape index (κ1) is 62.5. The minimum absolute atomic E-state index is 0. The van der Waals surface area contributed by atoms with Crippen molar-refractivity contribution in [2.75, 3.05) is 39.6 Å². The Morgan fingerprint density at radius 1 is 0.306 bits per heavy atom. The van der Waals surface area contributed by atoms with Gasteiger partial charge in [0.05, 0.1) is 39.6 Å². The summed E-state index contributed by atoms with van der Waals surface area (Å²) in [7, 11) is -5.50. The Labute approximate surface area is 428 Å². The number of aliphatic hydroxyl groups excluding tert-OH is 19. The molecule has 0 spiro atoms. The fourth-order valence-corrected chi connectivity index (χ4v) is 9.09. The average Bonchev–Trinajstić information content (AvgIpc) is 3.34. The van der Waals surface area contributed by atoms with Crippen LogP contribution < -0.4 is 29.6 Å². The van der Waals surface area contributed by atoms with Crippen LogP contribution in [0.2, 0.25) is 0 Å². The number of aliphatic hydroxyl groups is 19. The molecule has 416 valence electrons. The molecule has 6 fully saturated rings. The van der Waals surface area contributed by atoms with Crippen molar-refractivity contribution in [3.8, 4) is 0 Å². The van der Waals surface area contributed by atoms with Crippen LogP contribution in [0.1, 0.15) is 0 Å². The van der Waals surface area contributed by atoms with Crippen LogP contribution in [0, 0.1) is 0 Å². The standard InChI is InChI=1S/C36H62O34S.Na/c37-1-7-13(43)14(44)20(50)31(59-7)65-26-8(2-38)60-32(21(51)15(26)45)66-27-9(3-39)61-33(22(52)16(27)46)67-28-10(4-40)62-34(23(53)17(28)47)68-29-11(5-41)63-35(24(54)18(29)48)69-30-12(6-42)64-36(25(55)19(30)49)70-71(56,57)58;/h7-55H,1-6H2,(H,56,57,58);/q;+1/p-1/t7-,8-,9-,10-,11-,12-,13-,14+,15-,16-,17-,18-,19-,20-,21-,22-,23-,24-,25-,26-,27-,28-,29-,30-,31-,32-,33-,34-,35-,36-;/m1./s1. The van der Waals surface area contributed by atoms with Crippen LogP contribution in [0.15, 0.2) is 0 Å². The smallest absolute Gasteiger partial charge is 0.725 e. The van der Waals surface area contributed by atoms with Gasteiger partial charge in [-0.15, -0.1) is 0 Å². The van der Waals surface area contributed by atoms with Gasteiger partial charge in [-0.2, -0.15) is 0 Å². The molecule has 19 N–H and O–H groups in total. The molecule has 0 bridgehead atoms. The predicted octanol–water partition coefficient (Wildman–Crippen LogP) is -17.6. The summed E-state index contributed by atoms with van der Waals surface area (Å²) in [6, 6.07) is 0. The topological polar surface area (TPSA) is 552 Å². The molecule has 34 nitrogen and oxygen atoms in total. The van der Waals surface area contributed by atoms with E-state index in [0.717, 1.165) is 0 Å². The van der Waals surface area contributed by atoms with Gasteiger partial charge in [-0.05, 0) is 0 Å². The zero-order chi connectivity index (χ0) is 52.5. The summed E-state index contributed by atoms with van der Waals surface area (Å²) in [5.41, 5.74) is 0. The molecule has 6 saturated heterocycles. The van der Waals surface area contributed by atoms with E-state index in [9.17, 15) is 110 Å². The Bertz CT molecular complexity index is 1760. The molecule has 0 radical (unpaired) electrons. The van der Waals surface area contributed by atoms with Gasteiger partial charge in [0.1, 0.15) is 146 Å². The van der Waals surface area contributed by atoms with E-state index in [1.165, 1.54) is 0 Å². The summed E-state index contributed by atoms with van der Waals surface area (Å²) in [6.07, 6.45) is -59.3. The fraction of sp³-hybridized carbons (Fsp3) is 1.00. The fourth-order valence-electron chi connectivity index (χ4n) is 8.70. The van der Waals surface area contributed by atoms with Crippen molar-refractivity contribution in [1.82, 2.24) is 0 Å². The van der Waals surface area contributed by atoms with E-state index in [4.69, 9.17) is 52.1 Å². The van der Waals surface area contributed by atoms with Crippen molar-refractivity contribution in [2.45, 2.75) is 184 Å². The first-order chi connectivity index (χ1) is 33.4. The first-order valence-electron chi connectivity index (χ1n) is 21.8. The molecule has 0 aromatic heterocycles. The molecule has 0 aliphatic carbocycles. The molecular formula is C36H61NaO34S. The maximum Gasteiger partial charge on any atom is 1.00 e. The SMILES string of the molecule is O=S(=O)([O-])O[C@H]1O[C@H](CO)[C@@H](O[C@H]2O[C@H](CO)[C@@H](O[C@H]3O[C@H](CO)[C@@H](O[C@H]4O[C@H](CO)[C@@H](O[C@H]5O[C@H](CO)[C@@H](O[C@H]6O[C@H](CO)[C@@H](O)[C@H](O)[C@H]6O)[C@H](O)[C@H]5O)[C@H](O)[C@H]4O)[C@H](O)[C@H]3O)[C@H](O)[C@H]2O)[C@H](O)[C@H]1O.[Na+]. The van der Waals surface area contributed by atoms with Crippen LogP contribution in [-0.4, -0.2) is 334 Å². The van der Waals surface area contributed by atoms with Gasteiger partial charge in [0, 0.05) is 0 Å². The van der Waals surface area contributed by atoms with E-state index in [0.29, 0.717) is 0 Å². The predicted molar refractivity (Wildman–Crippen MR) is 208 cm³/mol. The molecule has 72 heavy (non-hydrogen) atoms. The summed E-state index contributed by atoms with van der Waals surface area (Å²) in [6.45, 7) is -6.07. The molecule has 6 rings (SSSR count). The van der Waals surface area contributed by atoms with Gasteiger partial charge < -0.3 is 154 Å². The molecule has 6 heterocycles. The second-order valence-electron chi connectivity index (χ2n) is 17.2. The maximum atomic E-state index is 11.2. The molecular weight excluding hydrogens is 1030 g/mol. The molecule has 0 aromatic rings. The van der Waals surface area contributed by atoms with Gasteiger partial charge >= 0.3 is 29.6 Å². The van der Waals surface area contributed by atoms with Crippen molar-refractivity contribution >= 4 is 10.4 Å². The van der Waals surface area contributed by atoms with Crippen molar-refractivity contribution < 1.29 is 196 Å². The molecule has 36 heteroatoms. The van der Waals surface area contributed by atoms with Crippen LogP contribution in [0.3, 0.4) is 0 Å². The summed E-state index contributed by atoms with van der Waals surface area (Å²) in [5.74, 6) is 0. The van der Waals surface area contributed by atoms with Crippen LogP contribution in [0.25, 0.3) is 0 Å². The summed E-state index contributed by atoms with van der Waals surface area (Å²) >= 11 is 0. The Balaban J connectivity index is 0.00000963. The van der Waals surface area contributed by atoms with Gasteiger partial charge in [0.2, 0.25) is 16.7 Å². The van der Waals surface area contributed by atoms with E-state index in [-0.39, 0.29) is 29.6 Å². The van der Waals surface area contributed by atoms with Crippen LogP contribution in [0.4, 0.5) is 0 Å². The number of hydrogen-bond acceptors (Lipinski definition) is 34. The van der Waals surface area contributed by atoms with Crippen LogP contribution in [0.5, 0.6) is 0 Å². The Morgan fingerprint density at radius 2 is 0.500 bits per heavy atom. The van der Waals surface area contributed by atoms with Gasteiger partial charge in [-0.1, -0.05) is 0 Å². The summed E-state index contributed by atoms with van der Waals surface area (Å²) < 4.78 is 97.5. The molecule has 0 aromatic carbocycles. The zero-order valence-electron chi connectivity index (χ0n) is 37.6. The molecule has 0 unspecified atom stereocenters. The summed E-state index contributed by atoms with van der Waals surface area (Å²) in [5, 5.41) is 200. The van der Waals surface area contributed by atoms with Crippen molar-refractivity contribution in [1.29, 1.82) is 0 Å². The second-order valence-corrected chi connectivity index (χ2v) is 18.2. The van der Waals surface area contributed by atoms with Gasteiger partial charge in [-0.25, -0.2) is 12.6 Å². The minimum atomic E-state index is -5.50. The maximum absolute atomic E-state index is 11.2. The average molecular weight is 1090 g/mol. The van der Waals surface area contributed by atoms with E-state index in [2.05, 4.69) is 4.18 Å². The third kappa shape index (κ3) is 13.4. The van der Waals surface area contributed by atoms with Crippen molar-refractivity contribution in [3.63, 3.8) is 0 Å². The van der Waals surface area contributed by atoms with Gasteiger partial charge in [0.15, 0.2) is 31.5 Å². The van der Waals surface area contributed by atoms with Gasteiger partial charge in [-0.3, -0.25) is 0 Å². The molecule has 30 atom stereocenters. The van der Waals surface area contributed by atoms with E-state index >= 15 is 0 Å². The summed E-state index contributed by atoms with van der Waals surface area (Å²) in [4.78, 5) is 0. The largest absolute Gasteiger partial charge is 1.00 e. The number of ether oxygens (including phenoxy) is 11. The Hall–Kier alpha value is -0.330. The third-order valence-corrected chi connectivity index (χ3v) is 13.0. The van der Waals surface area contributed by atoms with Crippen molar-refractivity contribution in [3.05, 3.63) is 0 Å². The second kappa shape index (κ2) is 26.5. The minimum Gasteiger partial charge on any atom is -0.725 e. The monoisotopic (exact) mass is 1090 g/mol. The number of hydrogen-bond donors (Lipinski definition) is 19. The Morgan fingerprint density at radius 3 is 0.722 bits per heavy atom. The Kier molecular flexibility index (Phi) is 23.0.